The zero-order chi connectivity index (χ0) is 13.7. The molecule has 2 atom stereocenters. The number of nitrogens with one attached hydrogen (secondary N) is 1. The second-order valence-electron chi connectivity index (χ2n) is 4.80. The van der Waals surface area contributed by atoms with Gasteiger partial charge in [-0.25, -0.2) is 0 Å². The van der Waals surface area contributed by atoms with E-state index in [0.29, 0.717) is 0 Å². The van der Waals surface area contributed by atoms with Crippen molar-refractivity contribution < 1.29 is 14.3 Å². The number of piperidine rings is 1. The van der Waals surface area contributed by atoms with Gasteiger partial charge in [-0.05, 0) is 25.5 Å². The number of benzene rings is 1. The first-order chi connectivity index (χ1) is 9.27. The van der Waals surface area contributed by atoms with Gasteiger partial charge in [0.15, 0.2) is 0 Å². The molecule has 4 nitrogen and oxygen atoms in total. The van der Waals surface area contributed by atoms with Gasteiger partial charge in [-0.2, -0.15) is 0 Å². The number of esters is 1. The molecule has 0 aliphatic carbocycles. The molecule has 1 heterocycles. The number of hydrogen-bond acceptors (Lipinski definition) is 4. The summed E-state index contributed by atoms with van der Waals surface area (Å²) in [5.74, 6) is 0.232. The van der Waals surface area contributed by atoms with Crippen molar-refractivity contribution in [3.05, 3.63) is 29.8 Å². The third-order valence-electron chi connectivity index (χ3n) is 3.68. The molecule has 4 heteroatoms. The maximum Gasteiger partial charge on any atom is 0.314 e. The maximum atomic E-state index is 12.2. The molecular weight excluding hydrogens is 242 g/mol. The minimum absolute atomic E-state index is 0.123. The van der Waals surface area contributed by atoms with Crippen molar-refractivity contribution >= 4 is 5.97 Å². The zero-order valence-corrected chi connectivity index (χ0v) is 11.5. The first kappa shape index (κ1) is 13.9. The van der Waals surface area contributed by atoms with E-state index in [1.54, 1.807) is 7.11 Å². The van der Waals surface area contributed by atoms with Crippen molar-refractivity contribution in [2.75, 3.05) is 20.8 Å². The Balaban J connectivity index is 2.33. The summed E-state index contributed by atoms with van der Waals surface area (Å²) in [7, 11) is 3.06. The molecule has 1 aromatic rings. The van der Waals surface area contributed by atoms with Crippen LogP contribution in [0, 0.1) is 0 Å². The summed E-state index contributed by atoms with van der Waals surface area (Å²) in [6.07, 6.45) is 3.29. The Kier molecular flexibility index (Phi) is 4.80. The largest absolute Gasteiger partial charge is 0.496 e. The van der Waals surface area contributed by atoms with Crippen molar-refractivity contribution in [2.24, 2.45) is 0 Å². The standard InChI is InChI=1S/C15H21NO3/c1-18-13-9-4-3-7-11(13)14(15(17)19-2)12-8-5-6-10-16-12/h3-4,7,9,12,14,16H,5-6,8,10H2,1-2H3. The smallest absolute Gasteiger partial charge is 0.314 e. The highest BCUT2D eigenvalue weighted by molar-refractivity contribution is 5.80. The summed E-state index contributed by atoms with van der Waals surface area (Å²) in [6.45, 7) is 0.952. The molecule has 1 aliphatic rings. The van der Waals surface area contributed by atoms with Crippen LogP contribution in [0.5, 0.6) is 5.75 Å². The Morgan fingerprint density at radius 1 is 1.32 bits per heavy atom. The van der Waals surface area contributed by atoms with E-state index in [1.807, 2.05) is 24.3 Å². The van der Waals surface area contributed by atoms with Crippen molar-refractivity contribution in [2.45, 2.75) is 31.2 Å². The number of rotatable bonds is 4. The number of carbonyl (C=O) groups excluding carboxylic acids is 1. The minimum atomic E-state index is -0.304. The van der Waals surface area contributed by atoms with Crippen molar-refractivity contribution in [1.82, 2.24) is 5.32 Å². The summed E-state index contributed by atoms with van der Waals surface area (Å²) in [4.78, 5) is 12.2. The molecule has 1 aromatic carbocycles. The molecule has 0 radical (unpaired) electrons. The third kappa shape index (κ3) is 3.07. The van der Waals surface area contributed by atoms with Crippen LogP contribution in [0.15, 0.2) is 24.3 Å². The topological polar surface area (TPSA) is 47.6 Å². The van der Waals surface area contributed by atoms with Gasteiger partial charge in [0.25, 0.3) is 0 Å². The number of hydrogen-bond donors (Lipinski definition) is 1. The third-order valence-corrected chi connectivity index (χ3v) is 3.68. The minimum Gasteiger partial charge on any atom is -0.496 e. The van der Waals surface area contributed by atoms with Gasteiger partial charge in [0.05, 0.1) is 14.2 Å². The quantitative estimate of drug-likeness (QED) is 0.845. The van der Waals surface area contributed by atoms with E-state index in [-0.39, 0.29) is 17.9 Å². The predicted molar refractivity (Wildman–Crippen MR) is 73.4 cm³/mol. The van der Waals surface area contributed by atoms with E-state index >= 15 is 0 Å². The highest BCUT2D eigenvalue weighted by Crippen LogP contribution is 2.32. The van der Waals surface area contributed by atoms with Gasteiger partial charge in [-0.15, -0.1) is 0 Å². The van der Waals surface area contributed by atoms with E-state index in [4.69, 9.17) is 9.47 Å². The molecule has 1 saturated heterocycles. The van der Waals surface area contributed by atoms with Gasteiger partial charge in [0, 0.05) is 11.6 Å². The number of ether oxygens (including phenoxy) is 2. The highest BCUT2D eigenvalue weighted by Gasteiger charge is 2.33. The van der Waals surface area contributed by atoms with Crippen molar-refractivity contribution in [3.63, 3.8) is 0 Å². The van der Waals surface area contributed by atoms with E-state index in [2.05, 4.69) is 5.32 Å². The van der Waals surface area contributed by atoms with E-state index in [1.165, 1.54) is 7.11 Å². The Morgan fingerprint density at radius 2 is 2.11 bits per heavy atom. The fourth-order valence-corrected chi connectivity index (χ4v) is 2.72. The van der Waals surface area contributed by atoms with Crippen LogP contribution in [0.1, 0.15) is 30.7 Å². The number of methoxy groups -OCH3 is 2. The lowest BCUT2D eigenvalue weighted by atomic mass is 9.86. The molecule has 1 aliphatic heterocycles. The summed E-state index contributed by atoms with van der Waals surface area (Å²) < 4.78 is 10.4. The molecule has 0 bridgehead atoms. The summed E-state index contributed by atoms with van der Waals surface area (Å²) in [5, 5.41) is 3.43. The van der Waals surface area contributed by atoms with E-state index in [9.17, 15) is 4.79 Å². The van der Waals surface area contributed by atoms with Crippen LogP contribution in [0.3, 0.4) is 0 Å². The van der Waals surface area contributed by atoms with Crippen LogP contribution >= 0.6 is 0 Å². The molecule has 0 amide bonds. The molecule has 2 rings (SSSR count). The Hall–Kier alpha value is -1.55. The lowest BCUT2D eigenvalue weighted by molar-refractivity contribution is -0.143. The van der Waals surface area contributed by atoms with Crippen LogP contribution in [0.2, 0.25) is 0 Å². The molecular formula is C15H21NO3. The molecule has 0 aromatic heterocycles. The predicted octanol–water partition coefficient (Wildman–Crippen LogP) is 2.09. The summed E-state index contributed by atoms with van der Waals surface area (Å²) in [5.41, 5.74) is 0.899. The Morgan fingerprint density at radius 3 is 2.74 bits per heavy atom. The molecule has 0 spiro atoms. The lowest BCUT2D eigenvalue weighted by Crippen LogP contribution is -2.42. The second kappa shape index (κ2) is 6.57. The Labute approximate surface area is 114 Å². The molecule has 104 valence electrons. The first-order valence-electron chi connectivity index (χ1n) is 6.72. The van der Waals surface area contributed by atoms with Gasteiger partial charge < -0.3 is 14.8 Å². The van der Waals surface area contributed by atoms with Crippen LogP contribution < -0.4 is 10.1 Å². The Bertz CT molecular complexity index is 427. The van der Waals surface area contributed by atoms with E-state index in [0.717, 1.165) is 37.1 Å². The van der Waals surface area contributed by atoms with E-state index < -0.39 is 0 Å². The zero-order valence-electron chi connectivity index (χ0n) is 11.5. The van der Waals surface area contributed by atoms with Crippen LogP contribution in [-0.4, -0.2) is 32.8 Å². The van der Waals surface area contributed by atoms with Crippen molar-refractivity contribution in [3.8, 4) is 5.75 Å². The van der Waals surface area contributed by atoms with Crippen LogP contribution in [0.4, 0.5) is 0 Å². The maximum absolute atomic E-state index is 12.2. The second-order valence-corrected chi connectivity index (χ2v) is 4.80. The highest BCUT2D eigenvalue weighted by atomic mass is 16.5. The molecule has 1 N–H and O–H groups in total. The first-order valence-corrected chi connectivity index (χ1v) is 6.72. The van der Waals surface area contributed by atoms with Gasteiger partial charge in [-0.3, -0.25) is 4.79 Å². The average Bonchev–Trinajstić information content (AvgIpc) is 2.49. The fraction of sp³-hybridized carbons (Fsp3) is 0.533. The monoisotopic (exact) mass is 263 g/mol. The van der Waals surface area contributed by atoms with Crippen LogP contribution in [-0.2, 0) is 9.53 Å². The molecule has 2 unspecified atom stereocenters. The summed E-state index contributed by atoms with van der Waals surface area (Å²) >= 11 is 0. The molecule has 19 heavy (non-hydrogen) atoms. The van der Waals surface area contributed by atoms with Crippen molar-refractivity contribution in [1.29, 1.82) is 0 Å². The molecule has 1 fully saturated rings. The fourth-order valence-electron chi connectivity index (χ4n) is 2.72. The molecule has 0 saturated carbocycles. The van der Waals surface area contributed by atoms with Gasteiger partial charge in [-0.1, -0.05) is 24.6 Å². The normalized spacial score (nSPS) is 20.6. The average molecular weight is 263 g/mol. The van der Waals surface area contributed by atoms with Gasteiger partial charge in [0.1, 0.15) is 11.7 Å². The lowest BCUT2D eigenvalue weighted by Gasteiger charge is -2.30. The SMILES string of the molecule is COC(=O)C(c1ccccc1OC)C1CCCCN1. The summed E-state index contributed by atoms with van der Waals surface area (Å²) in [6, 6.07) is 7.78. The van der Waals surface area contributed by atoms with Gasteiger partial charge >= 0.3 is 5.97 Å². The number of carbonyl (C=O) groups is 1. The number of para-hydroxylation sites is 1. The van der Waals surface area contributed by atoms with Gasteiger partial charge in [0.2, 0.25) is 0 Å². The van der Waals surface area contributed by atoms with Crippen LogP contribution in [0.25, 0.3) is 0 Å².